The van der Waals surface area contributed by atoms with Gasteiger partial charge in [0.15, 0.2) is 11.5 Å². The molecule has 0 fully saturated rings. The number of thioether (sulfide) groups is 1. The van der Waals surface area contributed by atoms with Crippen molar-refractivity contribution in [1.29, 1.82) is 0 Å². The molecule has 4 N–H and O–H groups in total. The summed E-state index contributed by atoms with van der Waals surface area (Å²) in [6, 6.07) is 7.07. The third-order valence-corrected chi connectivity index (χ3v) is 4.61. The van der Waals surface area contributed by atoms with E-state index < -0.39 is 29.5 Å². The number of hydrogen-bond acceptors (Lipinski definition) is 7. The molecule has 1 aromatic rings. The fourth-order valence-corrected chi connectivity index (χ4v) is 2.80. The molecule has 2 rings (SSSR count). The van der Waals surface area contributed by atoms with E-state index in [-0.39, 0.29) is 24.7 Å². The van der Waals surface area contributed by atoms with E-state index in [1.54, 1.807) is 31.2 Å². The van der Waals surface area contributed by atoms with Gasteiger partial charge >= 0.3 is 5.97 Å². The summed E-state index contributed by atoms with van der Waals surface area (Å²) in [4.78, 5) is 23.3. The number of carbonyl (C=O) groups excluding carboxylic acids is 1. The van der Waals surface area contributed by atoms with Gasteiger partial charge in [0.1, 0.15) is 6.10 Å². The van der Waals surface area contributed by atoms with Crippen molar-refractivity contribution < 1.29 is 29.6 Å². The summed E-state index contributed by atoms with van der Waals surface area (Å²) < 4.78 is 5.47. The van der Waals surface area contributed by atoms with Crippen molar-refractivity contribution in [3.8, 4) is 0 Å². The highest BCUT2D eigenvalue weighted by atomic mass is 32.2. The predicted molar refractivity (Wildman–Crippen MR) is 89.1 cm³/mol. The van der Waals surface area contributed by atoms with E-state index in [1.807, 2.05) is 0 Å². The van der Waals surface area contributed by atoms with Crippen molar-refractivity contribution in [1.82, 2.24) is 0 Å². The molecule has 0 aliphatic carbocycles. The molecule has 0 spiro atoms. The molecule has 1 heterocycles. The minimum Gasteiger partial charge on any atom is -0.502 e. The first kappa shape index (κ1) is 18.2. The van der Waals surface area contributed by atoms with Gasteiger partial charge in [0.05, 0.1) is 24.8 Å². The largest absolute Gasteiger partial charge is 0.502 e. The lowest BCUT2D eigenvalue weighted by Crippen LogP contribution is -2.38. The number of carboxylic acids is 1. The molecule has 8 heteroatoms. The Balaban J connectivity index is 1.97. The van der Waals surface area contributed by atoms with Gasteiger partial charge in [-0.25, -0.2) is 0 Å². The average molecular weight is 353 g/mol. The number of nitrogens with one attached hydrogen (secondary N) is 1. The molecule has 1 aromatic carbocycles. The lowest BCUT2D eigenvalue weighted by molar-refractivity contribution is -0.134. The number of benzene rings is 1. The normalized spacial score (nSPS) is 20.7. The van der Waals surface area contributed by atoms with Gasteiger partial charge in [0, 0.05) is 10.6 Å². The molecule has 0 radical (unpaired) electrons. The van der Waals surface area contributed by atoms with Crippen LogP contribution in [-0.2, 0) is 14.3 Å². The van der Waals surface area contributed by atoms with Crippen molar-refractivity contribution in [3.05, 3.63) is 35.8 Å². The van der Waals surface area contributed by atoms with E-state index >= 15 is 0 Å². The summed E-state index contributed by atoms with van der Waals surface area (Å²) in [5.74, 6) is -2.25. The zero-order valence-electron chi connectivity index (χ0n) is 13.1. The van der Waals surface area contributed by atoms with Crippen LogP contribution in [0.4, 0.5) is 5.69 Å². The summed E-state index contributed by atoms with van der Waals surface area (Å²) in [6.07, 6.45) is -0.667. The molecule has 24 heavy (non-hydrogen) atoms. The van der Waals surface area contributed by atoms with Gasteiger partial charge in [-0.3, -0.25) is 9.59 Å². The Morgan fingerprint density at radius 3 is 2.58 bits per heavy atom. The first-order chi connectivity index (χ1) is 11.4. The lowest BCUT2D eigenvalue weighted by atomic mass is 9.95. The smallest absolute Gasteiger partial charge is 0.313 e. The van der Waals surface area contributed by atoms with Crippen molar-refractivity contribution in [2.75, 3.05) is 24.2 Å². The van der Waals surface area contributed by atoms with Crippen LogP contribution < -0.4 is 5.32 Å². The minimum absolute atomic E-state index is 0.00970. The molecular weight excluding hydrogens is 334 g/mol. The van der Waals surface area contributed by atoms with E-state index in [2.05, 4.69) is 5.32 Å². The molecular formula is C16H19NO6S. The van der Waals surface area contributed by atoms with Gasteiger partial charge in [-0.2, -0.15) is 0 Å². The van der Waals surface area contributed by atoms with Crippen LogP contribution in [0.2, 0.25) is 0 Å². The van der Waals surface area contributed by atoms with Crippen molar-refractivity contribution >= 4 is 29.2 Å². The maximum atomic E-state index is 11.9. The van der Waals surface area contributed by atoms with Crippen LogP contribution in [0.3, 0.4) is 0 Å². The molecule has 0 bridgehead atoms. The molecule has 0 saturated carbocycles. The number of aliphatic hydroxyl groups is 2. The number of hydrogen-bond donors (Lipinski definition) is 4. The maximum absolute atomic E-state index is 11.9. The summed E-state index contributed by atoms with van der Waals surface area (Å²) in [7, 11) is 0. The highest BCUT2D eigenvalue weighted by Crippen LogP contribution is 2.25. The Bertz CT molecular complexity index is 642. The van der Waals surface area contributed by atoms with E-state index in [0.717, 1.165) is 10.6 Å². The number of allylic oxidation sites excluding steroid dienone is 1. The molecule has 0 amide bonds. The molecule has 7 nitrogen and oxygen atoms in total. The van der Waals surface area contributed by atoms with Crippen LogP contribution in [0, 0.1) is 5.92 Å². The van der Waals surface area contributed by atoms with Gasteiger partial charge < -0.3 is 25.4 Å². The monoisotopic (exact) mass is 353 g/mol. The van der Waals surface area contributed by atoms with Crippen LogP contribution in [0.25, 0.3) is 0 Å². The van der Waals surface area contributed by atoms with Crippen molar-refractivity contribution in [2.45, 2.75) is 17.9 Å². The highest BCUT2D eigenvalue weighted by molar-refractivity contribution is 8.00. The molecule has 1 aliphatic heterocycles. The van der Waals surface area contributed by atoms with Crippen molar-refractivity contribution in [3.63, 3.8) is 0 Å². The molecule has 2 unspecified atom stereocenters. The Kier molecular flexibility index (Phi) is 6.10. The van der Waals surface area contributed by atoms with E-state index in [1.165, 1.54) is 11.8 Å². The number of aliphatic carboxylic acids is 1. The maximum Gasteiger partial charge on any atom is 0.313 e. The van der Waals surface area contributed by atoms with Gasteiger partial charge in [0.2, 0.25) is 5.78 Å². The number of ether oxygens (including phenoxy) is 1. The molecule has 2 atom stereocenters. The third-order valence-electron chi connectivity index (χ3n) is 3.61. The van der Waals surface area contributed by atoms with E-state index in [4.69, 9.17) is 9.84 Å². The number of carboxylic acid groups (broad SMARTS) is 1. The van der Waals surface area contributed by atoms with Gasteiger partial charge in [-0.05, 0) is 24.3 Å². The van der Waals surface area contributed by atoms with Gasteiger partial charge in [-0.15, -0.1) is 11.8 Å². The second kappa shape index (κ2) is 8.07. The minimum atomic E-state index is -0.878. The van der Waals surface area contributed by atoms with Crippen LogP contribution in [0.5, 0.6) is 0 Å². The summed E-state index contributed by atoms with van der Waals surface area (Å²) in [5.41, 5.74) is 0.727. The van der Waals surface area contributed by atoms with E-state index in [0.29, 0.717) is 0 Å². The Morgan fingerprint density at radius 1 is 1.33 bits per heavy atom. The van der Waals surface area contributed by atoms with Gasteiger partial charge in [-0.1, -0.05) is 6.92 Å². The topological polar surface area (TPSA) is 116 Å². The Labute approximate surface area is 143 Å². The number of Topliss-reactive ketones (excluding diaryl/α,β-unsaturated/α-hetero) is 1. The molecule has 0 aromatic heterocycles. The van der Waals surface area contributed by atoms with Gasteiger partial charge in [0.25, 0.3) is 0 Å². The number of carbonyl (C=O) groups is 2. The second-order valence-electron chi connectivity index (χ2n) is 5.32. The summed E-state index contributed by atoms with van der Waals surface area (Å²) in [6.45, 7) is 1.39. The molecule has 130 valence electrons. The predicted octanol–water partition coefficient (Wildman–Crippen LogP) is 1.64. The summed E-state index contributed by atoms with van der Waals surface area (Å²) >= 11 is 1.21. The number of aliphatic hydroxyl groups excluding tert-OH is 2. The number of rotatable bonds is 7. The Hall–Kier alpha value is -2.19. The zero-order valence-corrected chi connectivity index (χ0v) is 13.9. The first-order valence-corrected chi connectivity index (χ1v) is 8.33. The van der Waals surface area contributed by atoms with Crippen LogP contribution in [0.15, 0.2) is 40.7 Å². The number of ketones is 1. The Morgan fingerprint density at radius 2 is 2.00 bits per heavy atom. The fraction of sp³-hybridized carbons (Fsp3) is 0.375. The zero-order chi connectivity index (χ0) is 17.7. The summed E-state index contributed by atoms with van der Waals surface area (Å²) in [5, 5.41) is 30.8. The first-order valence-electron chi connectivity index (χ1n) is 7.34. The SMILES string of the molecule is CC1C(=O)C(O)=C(CNc2ccc(SCC(=O)O)cc2)OC1CO. The second-order valence-corrected chi connectivity index (χ2v) is 6.37. The number of anilines is 1. The lowest BCUT2D eigenvalue weighted by Gasteiger charge is -2.29. The molecule has 0 saturated heterocycles. The van der Waals surface area contributed by atoms with Crippen LogP contribution >= 0.6 is 11.8 Å². The van der Waals surface area contributed by atoms with Crippen molar-refractivity contribution in [2.24, 2.45) is 5.92 Å². The highest BCUT2D eigenvalue weighted by Gasteiger charge is 2.35. The standard InChI is InChI=1S/C16H19NO6S/c1-9-13(7-18)23-12(16(22)15(9)21)6-17-10-2-4-11(5-3-10)24-8-14(19)20/h2-5,9,13,17-18,22H,6-8H2,1H3,(H,19,20). The fourth-order valence-electron chi connectivity index (χ4n) is 2.18. The van der Waals surface area contributed by atoms with E-state index in [9.17, 15) is 19.8 Å². The van der Waals surface area contributed by atoms with Crippen LogP contribution in [0.1, 0.15) is 6.92 Å². The van der Waals surface area contributed by atoms with Crippen LogP contribution in [-0.4, -0.2) is 52.1 Å². The average Bonchev–Trinajstić information content (AvgIpc) is 2.58. The third kappa shape index (κ3) is 4.42. The quantitative estimate of drug-likeness (QED) is 0.547. The molecule has 1 aliphatic rings.